The van der Waals surface area contributed by atoms with E-state index in [1.807, 2.05) is 0 Å². The van der Waals surface area contributed by atoms with Gasteiger partial charge in [0, 0.05) is 6.04 Å². The zero-order valence-electron chi connectivity index (χ0n) is 14.8. The first-order valence-electron chi connectivity index (χ1n) is 9.38. The van der Waals surface area contributed by atoms with Crippen molar-refractivity contribution >= 4 is 0 Å². The number of rotatable bonds is 15. The Hall–Kier alpha value is -0.0400. The summed E-state index contributed by atoms with van der Waals surface area (Å²) in [5.41, 5.74) is 0. The van der Waals surface area contributed by atoms with Crippen molar-refractivity contribution in [3.63, 3.8) is 0 Å². The summed E-state index contributed by atoms with van der Waals surface area (Å²) in [6.45, 7) is 6.94. The van der Waals surface area contributed by atoms with Crippen LogP contribution >= 0.6 is 0 Å². The molecule has 0 radical (unpaired) electrons. The van der Waals surface area contributed by atoms with Crippen LogP contribution < -0.4 is 5.32 Å². The second-order valence-electron chi connectivity index (χ2n) is 6.94. The van der Waals surface area contributed by atoms with E-state index in [0.717, 1.165) is 12.0 Å². The molecule has 0 aliphatic rings. The predicted molar refractivity (Wildman–Crippen MR) is 93.4 cm³/mol. The molecule has 1 nitrogen and oxygen atoms in total. The van der Waals surface area contributed by atoms with E-state index >= 15 is 0 Å². The van der Waals surface area contributed by atoms with Crippen LogP contribution in [-0.4, -0.2) is 13.1 Å². The molecule has 0 aromatic heterocycles. The molecule has 0 aliphatic carbocycles. The van der Waals surface area contributed by atoms with Crippen molar-refractivity contribution in [1.82, 2.24) is 5.32 Å². The molecular formula is C19H41N. The van der Waals surface area contributed by atoms with Gasteiger partial charge in [-0.25, -0.2) is 0 Å². The fraction of sp³-hybridized carbons (Fsp3) is 1.00. The highest BCUT2D eigenvalue weighted by atomic mass is 14.9. The van der Waals surface area contributed by atoms with Gasteiger partial charge in [-0.15, -0.1) is 0 Å². The van der Waals surface area contributed by atoms with Gasteiger partial charge in [0.1, 0.15) is 0 Å². The molecule has 1 heteroatoms. The second-order valence-corrected chi connectivity index (χ2v) is 6.94. The third kappa shape index (κ3) is 14.4. The molecule has 1 atom stereocenters. The first-order chi connectivity index (χ1) is 9.70. The zero-order chi connectivity index (χ0) is 15.1. The Kier molecular flexibility index (Phi) is 15.3. The molecule has 0 bridgehead atoms. The van der Waals surface area contributed by atoms with Gasteiger partial charge in [0.05, 0.1) is 0 Å². The van der Waals surface area contributed by atoms with Crippen molar-refractivity contribution in [2.24, 2.45) is 5.92 Å². The fourth-order valence-corrected chi connectivity index (χ4v) is 3.00. The number of hydrogen-bond acceptors (Lipinski definition) is 1. The average molecular weight is 284 g/mol. The van der Waals surface area contributed by atoms with Gasteiger partial charge in [0.2, 0.25) is 0 Å². The van der Waals surface area contributed by atoms with Gasteiger partial charge in [-0.2, -0.15) is 0 Å². The summed E-state index contributed by atoms with van der Waals surface area (Å²) >= 11 is 0. The molecule has 0 spiro atoms. The highest BCUT2D eigenvalue weighted by Crippen LogP contribution is 2.14. The van der Waals surface area contributed by atoms with Gasteiger partial charge in [0.25, 0.3) is 0 Å². The maximum Gasteiger partial charge on any atom is 0.00664 e. The van der Waals surface area contributed by atoms with E-state index in [9.17, 15) is 0 Å². The second kappa shape index (κ2) is 15.4. The largest absolute Gasteiger partial charge is 0.317 e. The summed E-state index contributed by atoms with van der Waals surface area (Å²) in [6.07, 6.45) is 18.6. The van der Waals surface area contributed by atoms with E-state index in [2.05, 4.69) is 33.1 Å². The topological polar surface area (TPSA) is 12.0 Å². The zero-order valence-corrected chi connectivity index (χ0v) is 14.8. The van der Waals surface area contributed by atoms with Gasteiger partial charge in [-0.05, 0) is 25.8 Å². The van der Waals surface area contributed by atoms with Gasteiger partial charge < -0.3 is 5.32 Å². The molecule has 1 unspecified atom stereocenters. The predicted octanol–water partition coefficient (Wildman–Crippen LogP) is 6.32. The SMILES string of the molecule is CCCCCCCCCCCCCC(CC(C)C)NC. The van der Waals surface area contributed by atoms with Crippen molar-refractivity contribution in [2.45, 2.75) is 110 Å². The van der Waals surface area contributed by atoms with Crippen LogP contribution in [0.1, 0.15) is 104 Å². The fourth-order valence-electron chi connectivity index (χ4n) is 3.00. The number of hydrogen-bond donors (Lipinski definition) is 1. The Morgan fingerprint density at radius 3 is 1.55 bits per heavy atom. The Balaban J connectivity index is 3.19. The Labute approximate surface area is 129 Å². The summed E-state index contributed by atoms with van der Waals surface area (Å²) in [6, 6.07) is 0.744. The smallest absolute Gasteiger partial charge is 0.00664 e. The molecule has 0 aromatic rings. The Morgan fingerprint density at radius 2 is 1.15 bits per heavy atom. The monoisotopic (exact) mass is 283 g/mol. The van der Waals surface area contributed by atoms with Crippen LogP contribution in [0.4, 0.5) is 0 Å². The lowest BCUT2D eigenvalue weighted by Gasteiger charge is -2.18. The van der Waals surface area contributed by atoms with E-state index in [-0.39, 0.29) is 0 Å². The van der Waals surface area contributed by atoms with E-state index in [1.54, 1.807) is 0 Å². The molecule has 0 aromatic carbocycles. The lowest BCUT2D eigenvalue weighted by Crippen LogP contribution is -2.26. The maximum absolute atomic E-state index is 3.47. The Morgan fingerprint density at radius 1 is 0.700 bits per heavy atom. The molecule has 0 amide bonds. The van der Waals surface area contributed by atoms with E-state index in [0.29, 0.717) is 0 Å². The van der Waals surface area contributed by atoms with Crippen molar-refractivity contribution < 1.29 is 0 Å². The summed E-state index contributed by atoms with van der Waals surface area (Å²) in [5.74, 6) is 0.820. The molecule has 0 saturated carbocycles. The van der Waals surface area contributed by atoms with E-state index in [1.165, 1.54) is 83.5 Å². The van der Waals surface area contributed by atoms with Crippen molar-refractivity contribution in [3.8, 4) is 0 Å². The van der Waals surface area contributed by atoms with E-state index in [4.69, 9.17) is 0 Å². The number of unbranched alkanes of at least 4 members (excludes halogenated alkanes) is 10. The first-order valence-corrected chi connectivity index (χ1v) is 9.38. The van der Waals surface area contributed by atoms with Crippen LogP contribution in [0, 0.1) is 5.92 Å². The van der Waals surface area contributed by atoms with Crippen LogP contribution in [0.3, 0.4) is 0 Å². The van der Waals surface area contributed by atoms with Gasteiger partial charge in [-0.1, -0.05) is 91.4 Å². The summed E-state index contributed by atoms with van der Waals surface area (Å²) in [5, 5.41) is 3.47. The lowest BCUT2D eigenvalue weighted by atomic mass is 9.98. The minimum Gasteiger partial charge on any atom is -0.317 e. The van der Waals surface area contributed by atoms with Crippen LogP contribution in [0.5, 0.6) is 0 Å². The van der Waals surface area contributed by atoms with Crippen molar-refractivity contribution in [1.29, 1.82) is 0 Å². The maximum atomic E-state index is 3.47. The van der Waals surface area contributed by atoms with Crippen molar-refractivity contribution in [2.75, 3.05) is 7.05 Å². The molecule has 0 saturated heterocycles. The molecule has 122 valence electrons. The summed E-state index contributed by atoms with van der Waals surface area (Å²) in [7, 11) is 2.12. The van der Waals surface area contributed by atoms with Crippen LogP contribution in [0.15, 0.2) is 0 Å². The minimum atomic E-state index is 0.744. The normalized spacial score (nSPS) is 13.1. The third-order valence-corrected chi connectivity index (χ3v) is 4.32. The van der Waals surface area contributed by atoms with Crippen LogP contribution in [-0.2, 0) is 0 Å². The summed E-state index contributed by atoms with van der Waals surface area (Å²) in [4.78, 5) is 0. The highest BCUT2D eigenvalue weighted by molar-refractivity contribution is 4.66. The molecule has 20 heavy (non-hydrogen) atoms. The molecule has 0 aliphatic heterocycles. The minimum absolute atomic E-state index is 0.744. The quantitative estimate of drug-likeness (QED) is 0.347. The van der Waals surface area contributed by atoms with Gasteiger partial charge >= 0.3 is 0 Å². The third-order valence-electron chi connectivity index (χ3n) is 4.32. The standard InChI is InChI=1S/C19H41N/c1-5-6-7-8-9-10-11-12-13-14-15-16-19(20-4)17-18(2)3/h18-20H,5-17H2,1-4H3. The average Bonchev–Trinajstić information content (AvgIpc) is 2.43. The molecule has 0 rings (SSSR count). The molecule has 0 heterocycles. The highest BCUT2D eigenvalue weighted by Gasteiger charge is 2.07. The molecule has 1 N–H and O–H groups in total. The van der Waals surface area contributed by atoms with E-state index < -0.39 is 0 Å². The van der Waals surface area contributed by atoms with Crippen LogP contribution in [0.2, 0.25) is 0 Å². The molecular weight excluding hydrogens is 242 g/mol. The summed E-state index contributed by atoms with van der Waals surface area (Å²) < 4.78 is 0. The molecule has 0 fully saturated rings. The van der Waals surface area contributed by atoms with Gasteiger partial charge in [-0.3, -0.25) is 0 Å². The van der Waals surface area contributed by atoms with Crippen molar-refractivity contribution in [3.05, 3.63) is 0 Å². The number of nitrogens with one attached hydrogen (secondary N) is 1. The van der Waals surface area contributed by atoms with Gasteiger partial charge in [0.15, 0.2) is 0 Å². The first kappa shape index (κ1) is 20.0. The Bertz CT molecular complexity index is 177. The lowest BCUT2D eigenvalue weighted by molar-refractivity contribution is 0.404. The van der Waals surface area contributed by atoms with Crippen LogP contribution in [0.25, 0.3) is 0 Å².